The van der Waals surface area contributed by atoms with E-state index in [4.69, 9.17) is 14.3 Å². The highest BCUT2D eigenvalue weighted by molar-refractivity contribution is 7.66. The van der Waals surface area contributed by atoms with Gasteiger partial charge in [-0.1, -0.05) is 0 Å². The van der Waals surface area contributed by atoms with Gasteiger partial charge in [0, 0.05) is 12.5 Å². The van der Waals surface area contributed by atoms with Gasteiger partial charge in [-0.05, 0) is 12.3 Å². The molecule has 0 amide bonds. The average Bonchev–Trinajstić information content (AvgIpc) is 3.17. The molecule has 0 aliphatic heterocycles. The Hall–Kier alpha value is -1.32. The molecule has 17 nitrogen and oxygen atoms in total. The molecule has 20 heteroatoms. The van der Waals surface area contributed by atoms with Crippen molar-refractivity contribution in [2.24, 2.45) is 11.3 Å². The molecule has 2 saturated carbocycles. The second-order valence-electron chi connectivity index (χ2n) is 7.63. The zero-order chi connectivity index (χ0) is 24.4. The molecule has 0 bridgehead atoms. The lowest BCUT2D eigenvalue weighted by atomic mass is 10.0. The number of imidazole rings is 1. The third kappa shape index (κ3) is 4.65. The molecule has 2 heterocycles. The Balaban J connectivity index is 1.51. The number of phosphoric ester groups is 1. The topological polar surface area (TPSA) is 256 Å². The number of rotatable bonds is 9. The van der Waals surface area contributed by atoms with Crippen molar-refractivity contribution in [3.8, 4) is 0 Å². The van der Waals surface area contributed by atoms with Gasteiger partial charge in [0.15, 0.2) is 11.5 Å². The molecular formula is C13H20N5O12P3. The van der Waals surface area contributed by atoms with Crippen molar-refractivity contribution in [2.45, 2.75) is 24.7 Å². The smallest absolute Gasteiger partial charge is 0.390 e. The summed E-state index contributed by atoms with van der Waals surface area (Å²) in [5, 5.41) is 24.1. The van der Waals surface area contributed by atoms with E-state index in [1.54, 1.807) is 11.6 Å². The molecule has 0 radical (unpaired) electrons. The first kappa shape index (κ1) is 24.8. The van der Waals surface area contributed by atoms with E-state index < -0.39 is 59.7 Å². The number of nitrogens with zero attached hydrogens (tertiary/aromatic N) is 4. The summed E-state index contributed by atoms with van der Waals surface area (Å²) in [5.41, 5.74) is -0.403. The van der Waals surface area contributed by atoms with Gasteiger partial charge < -0.3 is 39.7 Å². The third-order valence-corrected chi connectivity index (χ3v) is 9.46. The summed E-state index contributed by atoms with van der Waals surface area (Å²) in [6.45, 7) is -0.681. The minimum Gasteiger partial charge on any atom is -0.390 e. The second-order valence-corrected chi connectivity index (χ2v) is 12.1. The first-order chi connectivity index (χ1) is 15.2. The van der Waals surface area contributed by atoms with Crippen LogP contribution in [-0.4, -0.2) is 75.2 Å². The van der Waals surface area contributed by atoms with Crippen molar-refractivity contribution in [1.29, 1.82) is 0 Å². The van der Waals surface area contributed by atoms with E-state index >= 15 is 0 Å². The molecule has 2 aliphatic rings. The van der Waals surface area contributed by atoms with Crippen molar-refractivity contribution in [1.82, 2.24) is 19.5 Å². The quantitative estimate of drug-likeness (QED) is 0.201. The van der Waals surface area contributed by atoms with Gasteiger partial charge in [-0.3, -0.25) is 4.52 Å². The van der Waals surface area contributed by atoms with Gasteiger partial charge in [0.05, 0.1) is 25.1 Å². The maximum Gasteiger partial charge on any atom is 0.490 e. The Kier molecular flexibility index (Phi) is 6.10. The zero-order valence-electron chi connectivity index (χ0n) is 16.6. The van der Waals surface area contributed by atoms with E-state index in [1.807, 2.05) is 0 Å². The lowest BCUT2D eigenvalue weighted by molar-refractivity contribution is -0.0297. The lowest BCUT2D eigenvalue weighted by Gasteiger charge is -2.24. The van der Waals surface area contributed by atoms with E-state index in [2.05, 4.69) is 28.9 Å². The second kappa shape index (κ2) is 8.12. The molecular weight excluding hydrogens is 511 g/mol. The van der Waals surface area contributed by atoms with Crippen LogP contribution in [0, 0.1) is 11.3 Å². The van der Waals surface area contributed by atoms with Crippen LogP contribution in [0.1, 0.15) is 12.5 Å². The molecule has 2 aromatic heterocycles. The van der Waals surface area contributed by atoms with Crippen LogP contribution in [0.2, 0.25) is 0 Å². The largest absolute Gasteiger partial charge is 0.490 e. The normalized spacial score (nSPS) is 32.8. The first-order valence-corrected chi connectivity index (χ1v) is 13.7. The maximum atomic E-state index is 12.0. The van der Waals surface area contributed by atoms with E-state index in [0.29, 0.717) is 17.0 Å². The number of nitrogens with one attached hydrogen (secondary N) is 1. The Morgan fingerprint density at radius 1 is 1.12 bits per heavy atom. The van der Waals surface area contributed by atoms with Crippen LogP contribution < -0.4 is 5.32 Å². The zero-order valence-corrected chi connectivity index (χ0v) is 19.3. The minimum atomic E-state index is -5.67. The molecule has 2 fully saturated rings. The third-order valence-electron chi connectivity index (χ3n) is 5.68. The summed E-state index contributed by atoms with van der Waals surface area (Å²) in [7, 11) is -14.9. The van der Waals surface area contributed by atoms with Gasteiger partial charge in [-0.2, -0.15) is 8.62 Å². The number of aromatic nitrogens is 4. The molecule has 0 spiro atoms. The molecule has 0 saturated heterocycles. The van der Waals surface area contributed by atoms with Crippen LogP contribution in [0.5, 0.6) is 0 Å². The van der Waals surface area contributed by atoms with E-state index in [0.717, 1.165) is 0 Å². The SMILES string of the molecule is CNc1ncnc2c1ncn2[C@H]1[C@H](O)[C@H](O)[C@]2(COP(=O)(O)OP(=O)(O)OP(=O)(O)O)C[C@H]12. The molecule has 33 heavy (non-hydrogen) atoms. The molecule has 2 aromatic rings. The number of aliphatic hydroxyl groups excluding tert-OH is 2. The molecule has 7 atom stereocenters. The Bertz CT molecular complexity index is 1220. The first-order valence-electron chi connectivity index (χ1n) is 9.19. The summed E-state index contributed by atoms with van der Waals surface area (Å²) in [5.74, 6) is -0.0123. The summed E-state index contributed by atoms with van der Waals surface area (Å²) in [6.07, 6.45) is 0.202. The highest BCUT2D eigenvalue weighted by Crippen LogP contribution is 2.71. The number of aliphatic hydroxyl groups is 2. The van der Waals surface area contributed by atoms with Gasteiger partial charge in [-0.25, -0.2) is 28.6 Å². The van der Waals surface area contributed by atoms with Crippen LogP contribution >= 0.6 is 23.5 Å². The minimum absolute atomic E-state index is 0.245. The highest BCUT2D eigenvalue weighted by Gasteiger charge is 2.72. The predicted octanol–water partition coefficient (Wildman–Crippen LogP) is -0.506. The average molecular weight is 531 g/mol. The summed E-state index contributed by atoms with van der Waals surface area (Å²) in [6, 6.07) is -0.728. The van der Waals surface area contributed by atoms with Crippen LogP contribution in [0.15, 0.2) is 12.7 Å². The standard InChI is InChI=1S/C13H20N5O12P3/c1-14-11-7-12(16-4-15-11)18(5-17-7)8-6-2-13(6,10(20)9(8)19)3-28-32(24,25)30-33(26,27)29-31(21,22)23/h4-6,8-10,19-20H,2-3H2,1H3,(H,24,25)(H,26,27)(H,14,15,16)(H2,21,22,23)/t6-,8-,9+,10+,13+/m1/s1. The van der Waals surface area contributed by atoms with Gasteiger partial charge in [-0.15, -0.1) is 0 Å². The molecule has 7 N–H and O–H groups in total. The molecule has 4 rings (SSSR count). The molecule has 2 unspecified atom stereocenters. The Morgan fingerprint density at radius 2 is 1.82 bits per heavy atom. The highest BCUT2D eigenvalue weighted by atomic mass is 31.3. The van der Waals surface area contributed by atoms with Gasteiger partial charge in [0.1, 0.15) is 17.9 Å². The number of anilines is 1. The van der Waals surface area contributed by atoms with Crippen molar-refractivity contribution in [3.05, 3.63) is 12.7 Å². The monoisotopic (exact) mass is 531 g/mol. The van der Waals surface area contributed by atoms with Gasteiger partial charge in [0.2, 0.25) is 0 Å². The lowest BCUT2D eigenvalue weighted by Crippen LogP contribution is -2.35. The fourth-order valence-electron chi connectivity index (χ4n) is 4.28. The van der Waals surface area contributed by atoms with E-state index in [1.165, 1.54) is 12.7 Å². The number of hydrogen-bond acceptors (Lipinski definition) is 12. The summed E-state index contributed by atoms with van der Waals surface area (Å²) in [4.78, 5) is 48.5. The van der Waals surface area contributed by atoms with Crippen LogP contribution in [0.25, 0.3) is 11.2 Å². The number of fused-ring (bicyclic) bond motifs is 2. The number of phosphoric acid groups is 3. The summed E-state index contributed by atoms with van der Waals surface area (Å²) < 4.78 is 47.8. The Labute approximate surface area is 184 Å². The fourth-order valence-corrected chi connectivity index (χ4v) is 7.38. The van der Waals surface area contributed by atoms with Crippen LogP contribution in [0.4, 0.5) is 5.82 Å². The van der Waals surface area contributed by atoms with E-state index in [-0.39, 0.29) is 6.42 Å². The van der Waals surface area contributed by atoms with E-state index in [9.17, 15) is 33.7 Å². The number of hydrogen-bond donors (Lipinski definition) is 7. The van der Waals surface area contributed by atoms with Crippen molar-refractivity contribution in [2.75, 3.05) is 19.0 Å². The van der Waals surface area contributed by atoms with Gasteiger partial charge in [0.25, 0.3) is 0 Å². The summed E-state index contributed by atoms with van der Waals surface area (Å²) >= 11 is 0. The Morgan fingerprint density at radius 3 is 2.45 bits per heavy atom. The molecule has 2 aliphatic carbocycles. The fraction of sp³-hybridized carbons (Fsp3) is 0.615. The van der Waals surface area contributed by atoms with Crippen LogP contribution in [-0.2, 0) is 26.8 Å². The van der Waals surface area contributed by atoms with Crippen molar-refractivity contribution < 1.29 is 56.6 Å². The maximum absolute atomic E-state index is 12.0. The van der Waals surface area contributed by atoms with Crippen LogP contribution in [0.3, 0.4) is 0 Å². The molecule has 0 aromatic carbocycles. The van der Waals surface area contributed by atoms with Crippen molar-refractivity contribution in [3.63, 3.8) is 0 Å². The molecule has 184 valence electrons. The van der Waals surface area contributed by atoms with Crippen molar-refractivity contribution >= 4 is 40.4 Å². The predicted molar refractivity (Wildman–Crippen MR) is 106 cm³/mol. The van der Waals surface area contributed by atoms with Gasteiger partial charge >= 0.3 is 23.5 Å².